The van der Waals surface area contributed by atoms with E-state index in [0.717, 1.165) is 32.5 Å². The Balaban J connectivity index is 3.27. The molecule has 0 radical (unpaired) electrons. The van der Waals surface area contributed by atoms with Crippen LogP contribution in [0.5, 0.6) is 0 Å². The summed E-state index contributed by atoms with van der Waals surface area (Å²) in [4.78, 5) is 13.0. The second-order valence-corrected chi connectivity index (χ2v) is 3.48. The van der Waals surface area contributed by atoms with Crippen molar-refractivity contribution < 1.29 is 9.53 Å². The standard InChI is InChI=1S/C10H22N2O2/c1-12(8-5-3-4-7-11)9-6-10(13)14-2/h3-9,11H2,1-2H3. The van der Waals surface area contributed by atoms with Crippen LogP contribution in [0.4, 0.5) is 0 Å². The minimum absolute atomic E-state index is 0.140. The fraction of sp³-hybridized carbons (Fsp3) is 0.900. The Morgan fingerprint density at radius 2 is 2.00 bits per heavy atom. The number of unbranched alkanes of at least 4 members (excludes halogenated alkanes) is 2. The molecule has 0 heterocycles. The largest absolute Gasteiger partial charge is 0.469 e. The minimum Gasteiger partial charge on any atom is -0.469 e. The highest BCUT2D eigenvalue weighted by molar-refractivity contribution is 5.69. The maximum absolute atomic E-state index is 10.8. The van der Waals surface area contributed by atoms with Crippen molar-refractivity contribution >= 4 is 5.97 Å². The Kier molecular flexibility index (Phi) is 8.57. The van der Waals surface area contributed by atoms with Crippen LogP contribution in [-0.4, -0.2) is 44.7 Å². The van der Waals surface area contributed by atoms with Crippen LogP contribution < -0.4 is 5.73 Å². The molecule has 0 fully saturated rings. The predicted molar refractivity (Wildman–Crippen MR) is 57.0 cm³/mol. The molecule has 0 aliphatic heterocycles. The SMILES string of the molecule is COC(=O)CCN(C)CCCCCN. The lowest BCUT2D eigenvalue weighted by Crippen LogP contribution is -2.23. The molecular weight excluding hydrogens is 180 g/mol. The van der Waals surface area contributed by atoms with Crippen molar-refractivity contribution in [3.63, 3.8) is 0 Å². The molecule has 0 saturated heterocycles. The fourth-order valence-corrected chi connectivity index (χ4v) is 1.20. The van der Waals surface area contributed by atoms with Gasteiger partial charge in [0.15, 0.2) is 0 Å². The van der Waals surface area contributed by atoms with Gasteiger partial charge in [0.1, 0.15) is 0 Å². The molecule has 0 amide bonds. The summed E-state index contributed by atoms with van der Waals surface area (Å²) in [6.07, 6.45) is 3.88. The number of ether oxygens (including phenoxy) is 1. The van der Waals surface area contributed by atoms with Gasteiger partial charge < -0.3 is 15.4 Å². The molecule has 2 N–H and O–H groups in total. The van der Waals surface area contributed by atoms with E-state index in [1.54, 1.807) is 0 Å². The van der Waals surface area contributed by atoms with Crippen molar-refractivity contribution in [1.29, 1.82) is 0 Å². The molecule has 84 valence electrons. The Bertz CT molecular complexity index is 151. The van der Waals surface area contributed by atoms with E-state index in [9.17, 15) is 4.79 Å². The fourth-order valence-electron chi connectivity index (χ4n) is 1.20. The van der Waals surface area contributed by atoms with Crippen LogP contribution in [0, 0.1) is 0 Å². The Hall–Kier alpha value is -0.610. The first-order valence-corrected chi connectivity index (χ1v) is 5.16. The van der Waals surface area contributed by atoms with Crippen molar-refractivity contribution in [2.75, 3.05) is 33.8 Å². The van der Waals surface area contributed by atoms with Crippen molar-refractivity contribution in [2.45, 2.75) is 25.7 Å². The highest BCUT2D eigenvalue weighted by Gasteiger charge is 2.03. The van der Waals surface area contributed by atoms with E-state index in [-0.39, 0.29) is 5.97 Å². The second-order valence-electron chi connectivity index (χ2n) is 3.48. The van der Waals surface area contributed by atoms with Gasteiger partial charge in [-0.2, -0.15) is 0 Å². The van der Waals surface area contributed by atoms with E-state index in [1.807, 2.05) is 7.05 Å². The topological polar surface area (TPSA) is 55.6 Å². The molecular formula is C10H22N2O2. The molecule has 0 spiro atoms. The third kappa shape index (κ3) is 8.01. The Morgan fingerprint density at radius 1 is 1.29 bits per heavy atom. The highest BCUT2D eigenvalue weighted by Crippen LogP contribution is 1.97. The third-order valence-corrected chi connectivity index (χ3v) is 2.17. The second kappa shape index (κ2) is 8.97. The Morgan fingerprint density at radius 3 is 2.57 bits per heavy atom. The van der Waals surface area contributed by atoms with E-state index in [0.29, 0.717) is 6.42 Å². The average Bonchev–Trinajstić information content (AvgIpc) is 2.21. The highest BCUT2D eigenvalue weighted by atomic mass is 16.5. The Labute approximate surface area is 86.4 Å². The molecule has 0 bridgehead atoms. The zero-order valence-electron chi connectivity index (χ0n) is 9.29. The first kappa shape index (κ1) is 13.4. The van der Waals surface area contributed by atoms with E-state index in [2.05, 4.69) is 9.64 Å². The number of carbonyl (C=O) groups is 1. The molecule has 0 aliphatic rings. The van der Waals surface area contributed by atoms with Crippen LogP contribution >= 0.6 is 0 Å². The number of rotatable bonds is 8. The van der Waals surface area contributed by atoms with E-state index < -0.39 is 0 Å². The van der Waals surface area contributed by atoms with E-state index >= 15 is 0 Å². The van der Waals surface area contributed by atoms with E-state index in [1.165, 1.54) is 13.5 Å². The number of nitrogens with zero attached hydrogens (tertiary/aromatic N) is 1. The number of nitrogens with two attached hydrogens (primary N) is 1. The molecule has 0 aromatic heterocycles. The molecule has 14 heavy (non-hydrogen) atoms. The summed E-state index contributed by atoms with van der Waals surface area (Å²) < 4.78 is 4.56. The third-order valence-electron chi connectivity index (χ3n) is 2.17. The first-order chi connectivity index (χ1) is 6.70. The maximum Gasteiger partial charge on any atom is 0.306 e. The van der Waals surface area contributed by atoms with Gasteiger partial charge in [0.05, 0.1) is 13.5 Å². The van der Waals surface area contributed by atoms with Crippen LogP contribution in [0.1, 0.15) is 25.7 Å². The molecule has 0 atom stereocenters. The van der Waals surface area contributed by atoms with Gasteiger partial charge in [-0.05, 0) is 33.0 Å². The molecule has 4 nitrogen and oxygen atoms in total. The van der Waals surface area contributed by atoms with Gasteiger partial charge in [-0.15, -0.1) is 0 Å². The zero-order chi connectivity index (χ0) is 10.8. The van der Waals surface area contributed by atoms with E-state index in [4.69, 9.17) is 5.73 Å². The monoisotopic (exact) mass is 202 g/mol. The summed E-state index contributed by atoms with van der Waals surface area (Å²) in [5.74, 6) is -0.140. The molecule has 0 aromatic carbocycles. The number of methoxy groups -OCH3 is 1. The summed E-state index contributed by atoms with van der Waals surface area (Å²) in [6, 6.07) is 0. The summed E-state index contributed by atoms with van der Waals surface area (Å²) in [7, 11) is 3.44. The quantitative estimate of drug-likeness (QED) is 0.463. The van der Waals surface area contributed by atoms with Crippen LogP contribution in [0.2, 0.25) is 0 Å². The average molecular weight is 202 g/mol. The summed E-state index contributed by atoms with van der Waals surface area (Å²) in [5, 5.41) is 0. The van der Waals surface area contributed by atoms with Gasteiger partial charge >= 0.3 is 5.97 Å². The number of carbonyl (C=O) groups excluding carboxylic acids is 1. The van der Waals surface area contributed by atoms with Crippen molar-refractivity contribution in [2.24, 2.45) is 5.73 Å². The summed E-state index contributed by atoms with van der Waals surface area (Å²) in [6.45, 7) is 2.57. The minimum atomic E-state index is -0.140. The first-order valence-electron chi connectivity index (χ1n) is 5.16. The van der Waals surface area contributed by atoms with Crippen LogP contribution in [0.3, 0.4) is 0 Å². The smallest absolute Gasteiger partial charge is 0.306 e. The molecule has 0 aliphatic carbocycles. The van der Waals surface area contributed by atoms with Crippen LogP contribution in [-0.2, 0) is 9.53 Å². The lowest BCUT2D eigenvalue weighted by molar-refractivity contribution is -0.140. The van der Waals surface area contributed by atoms with Gasteiger partial charge in [-0.25, -0.2) is 0 Å². The van der Waals surface area contributed by atoms with Gasteiger partial charge in [0.2, 0.25) is 0 Å². The summed E-state index contributed by atoms with van der Waals surface area (Å²) in [5.41, 5.74) is 5.39. The molecule has 0 aromatic rings. The normalized spacial score (nSPS) is 10.6. The number of hydrogen-bond acceptors (Lipinski definition) is 4. The van der Waals surface area contributed by atoms with Crippen LogP contribution in [0.25, 0.3) is 0 Å². The maximum atomic E-state index is 10.8. The van der Waals surface area contributed by atoms with Crippen molar-refractivity contribution in [1.82, 2.24) is 4.90 Å². The predicted octanol–water partition coefficient (Wildman–Crippen LogP) is 0.610. The molecule has 0 saturated carbocycles. The van der Waals surface area contributed by atoms with Crippen LogP contribution in [0.15, 0.2) is 0 Å². The van der Waals surface area contributed by atoms with Gasteiger partial charge in [-0.1, -0.05) is 6.42 Å². The zero-order valence-corrected chi connectivity index (χ0v) is 9.29. The number of esters is 1. The van der Waals surface area contributed by atoms with Crippen molar-refractivity contribution in [3.05, 3.63) is 0 Å². The van der Waals surface area contributed by atoms with Gasteiger partial charge in [0, 0.05) is 6.54 Å². The molecule has 4 heteroatoms. The van der Waals surface area contributed by atoms with Gasteiger partial charge in [-0.3, -0.25) is 4.79 Å². The molecule has 0 rings (SSSR count). The van der Waals surface area contributed by atoms with Gasteiger partial charge in [0.25, 0.3) is 0 Å². The lowest BCUT2D eigenvalue weighted by atomic mass is 10.2. The number of hydrogen-bond donors (Lipinski definition) is 1. The summed E-state index contributed by atoms with van der Waals surface area (Å²) >= 11 is 0. The molecule has 0 unspecified atom stereocenters. The van der Waals surface area contributed by atoms with Crippen molar-refractivity contribution in [3.8, 4) is 0 Å². The lowest BCUT2D eigenvalue weighted by Gasteiger charge is -2.15.